The maximum Gasteiger partial charge on any atom is 0.353 e. The number of thiophene rings is 2. The van der Waals surface area contributed by atoms with Crippen LogP contribution in [0.25, 0.3) is 0 Å². The van der Waals surface area contributed by atoms with Crippen LogP contribution in [0.1, 0.15) is 69.4 Å². The number of ether oxygens (including phenoxy) is 1. The third-order valence-corrected chi connectivity index (χ3v) is 8.43. The zero-order chi connectivity index (χ0) is 22.5. The van der Waals surface area contributed by atoms with Crippen LogP contribution in [0.15, 0.2) is 41.8 Å². The second kappa shape index (κ2) is 8.05. The summed E-state index contributed by atoms with van der Waals surface area (Å²) in [5.74, 6) is 0.681. The third-order valence-electron chi connectivity index (χ3n) is 6.39. The van der Waals surface area contributed by atoms with Crippen LogP contribution in [0.4, 0.5) is 5.00 Å². The zero-order valence-electron chi connectivity index (χ0n) is 18.4. The molecule has 0 saturated heterocycles. The highest BCUT2D eigenvalue weighted by Crippen LogP contribution is 2.46. The van der Waals surface area contributed by atoms with E-state index in [1.807, 2.05) is 23.6 Å². The second-order valence-electron chi connectivity index (χ2n) is 9.50. The Bertz CT molecular complexity index is 1170. The summed E-state index contributed by atoms with van der Waals surface area (Å²) in [7, 11) is 0. The van der Waals surface area contributed by atoms with Gasteiger partial charge in [0, 0.05) is 4.88 Å². The summed E-state index contributed by atoms with van der Waals surface area (Å²) in [4.78, 5) is 27.3. The summed E-state index contributed by atoms with van der Waals surface area (Å²) in [5.41, 5.74) is 3.14. The minimum absolute atomic E-state index is 0.0311. The quantitative estimate of drug-likeness (QED) is 0.365. The number of esters is 1. The van der Waals surface area contributed by atoms with E-state index in [2.05, 4.69) is 31.4 Å². The molecule has 0 spiro atoms. The number of rotatable bonds is 3. The fraction of sp³-hybridized carbons (Fsp3) is 0.360. The zero-order valence-corrected chi connectivity index (χ0v) is 20.0. The van der Waals surface area contributed by atoms with E-state index in [0.717, 1.165) is 35.4 Å². The summed E-state index contributed by atoms with van der Waals surface area (Å²) in [6.07, 6.45) is 2.74. The van der Waals surface area contributed by atoms with Crippen molar-refractivity contribution in [2.24, 2.45) is 11.3 Å². The minimum Gasteiger partial charge on any atom is -0.422 e. The maximum absolute atomic E-state index is 13.1. The van der Waals surface area contributed by atoms with Crippen molar-refractivity contribution in [3.63, 3.8) is 0 Å². The van der Waals surface area contributed by atoms with Gasteiger partial charge in [-0.3, -0.25) is 4.79 Å². The summed E-state index contributed by atoms with van der Waals surface area (Å²) >= 11 is 3.06. The molecule has 0 unspecified atom stereocenters. The molecule has 5 nitrogen and oxygen atoms in total. The van der Waals surface area contributed by atoms with Gasteiger partial charge in [0.25, 0.3) is 5.91 Å². The molecule has 2 aromatic heterocycles. The van der Waals surface area contributed by atoms with Crippen LogP contribution in [0, 0.1) is 11.3 Å². The molecule has 32 heavy (non-hydrogen) atoms. The molecule has 0 radical (unpaired) electrons. The lowest BCUT2D eigenvalue weighted by atomic mass is 9.72. The van der Waals surface area contributed by atoms with Gasteiger partial charge in [-0.1, -0.05) is 39.0 Å². The molecular formula is C25H26N2O3S2. The van der Waals surface area contributed by atoms with Crippen LogP contribution in [-0.2, 0) is 12.8 Å². The smallest absolute Gasteiger partial charge is 0.353 e. The predicted molar refractivity (Wildman–Crippen MR) is 129 cm³/mol. The molecule has 3 heterocycles. The van der Waals surface area contributed by atoms with Gasteiger partial charge in [0.1, 0.15) is 21.8 Å². The van der Waals surface area contributed by atoms with Crippen LogP contribution >= 0.6 is 22.7 Å². The highest BCUT2D eigenvalue weighted by Gasteiger charge is 2.36. The van der Waals surface area contributed by atoms with Crippen molar-refractivity contribution < 1.29 is 14.3 Å². The van der Waals surface area contributed by atoms with Gasteiger partial charge in [0.15, 0.2) is 0 Å². The molecule has 7 heteroatoms. The lowest BCUT2D eigenvalue weighted by molar-refractivity contribution is 0.0739. The summed E-state index contributed by atoms with van der Waals surface area (Å²) in [6, 6.07) is 10.9. The van der Waals surface area contributed by atoms with Crippen LogP contribution in [-0.4, -0.2) is 11.9 Å². The van der Waals surface area contributed by atoms with Crippen LogP contribution in [0.2, 0.25) is 0 Å². The van der Waals surface area contributed by atoms with Gasteiger partial charge in [-0.2, -0.15) is 0 Å². The Morgan fingerprint density at radius 2 is 2.00 bits per heavy atom. The van der Waals surface area contributed by atoms with Crippen molar-refractivity contribution >= 4 is 39.6 Å². The largest absolute Gasteiger partial charge is 0.422 e. The maximum atomic E-state index is 13.1. The number of nitrogens with one attached hydrogen (secondary N) is 2. The molecule has 3 aromatic rings. The Morgan fingerprint density at radius 1 is 1.16 bits per heavy atom. The van der Waals surface area contributed by atoms with Gasteiger partial charge in [-0.15, -0.1) is 22.7 Å². The number of benzene rings is 1. The average molecular weight is 467 g/mol. The normalized spacial score (nSPS) is 20.0. The molecule has 0 bridgehead atoms. The van der Waals surface area contributed by atoms with E-state index in [1.165, 1.54) is 21.8 Å². The third kappa shape index (κ3) is 3.95. The molecule has 0 saturated carbocycles. The van der Waals surface area contributed by atoms with E-state index < -0.39 is 0 Å². The average Bonchev–Trinajstić information content (AvgIpc) is 3.41. The highest BCUT2D eigenvalue weighted by atomic mass is 32.1. The Kier molecular flexibility index (Phi) is 5.34. The molecule has 0 fully saturated rings. The lowest BCUT2D eigenvalue weighted by Crippen LogP contribution is -2.38. The molecule has 1 aromatic carbocycles. The SMILES string of the molecule is CC(C)(C)[C@H]1CCc2c(sc3c2C(=O)N[C@@H](c2cccc(OC(=O)c4cccs4)c2)N3)C1. The van der Waals surface area contributed by atoms with E-state index >= 15 is 0 Å². The molecule has 1 aliphatic carbocycles. The molecule has 5 rings (SSSR count). The Hall–Kier alpha value is -2.64. The molecule has 2 N–H and O–H groups in total. The first-order chi connectivity index (χ1) is 15.3. The molecule has 166 valence electrons. The van der Waals surface area contributed by atoms with Crippen molar-refractivity contribution in [3.8, 4) is 5.75 Å². The van der Waals surface area contributed by atoms with E-state index in [1.54, 1.807) is 29.5 Å². The Labute approximate surface area is 195 Å². The lowest BCUT2D eigenvalue weighted by Gasteiger charge is -2.34. The van der Waals surface area contributed by atoms with E-state index in [-0.39, 0.29) is 23.5 Å². The number of hydrogen-bond donors (Lipinski definition) is 2. The Morgan fingerprint density at radius 3 is 2.75 bits per heavy atom. The minimum atomic E-state index is -0.376. The van der Waals surface area contributed by atoms with Gasteiger partial charge in [0.05, 0.1) is 5.56 Å². The first-order valence-corrected chi connectivity index (χ1v) is 12.6. The van der Waals surface area contributed by atoms with E-state index in [0.29, 0.717) is 16.5 Å². The molecular weight excluding hydrogens is 440 g/mol. The van der Waals surface area contributed by atoms with Crippen molar-refractivity contribution in [1.29, 1.82) is 0 Å². The van der Waals surface area contributed by atoms with Gasteiger partial charge >= 0.3 is 5.97 Å². The van der Waals surface area contributed by atoms with Crippen LogP contribution < -0.4 is 15.4 Å². The number of fused-ring (bicyclic) bond motifs is 3. The molecule has 2 atom stereocenters. The van der Waals surface area contributed by atoms with Crippen molar-refractivity contribution in [2.45, 2.75) is 46.2 Å². The number of carbonyl (C=O) groups is 2. The standard InChI is InChI=1S/C25H26N2O3S2/c1-25(2,3)15-9-10-17-19(13-15)32-23-20(17)22(28)26-21(27-23)14-6-4-7-16(12-14)30-24(29)18-8-5-11-31-18/h4-8,11-12,15,21,27H,9-10,13H2,1-3H3,(H,26,28)/t15-,21+/m0/s1. The van der Waals surface area contributed by atoms with Crippen LogP contribution in [0.3, 0.4) is 0 Å². The summed E-state index contributed by atoms with van der Waals surface area (Å²) in [5, 5.41) is 9.39. The number of amides is 1. The molecule has 1 aliphatic heterocycles. The summed E-state index contributed by atoms with van der Waals surface area (Å²) < 4.78 is 5.53. The van der Waals surface area contributed by atoms with E-state index in [4.69, 9.17) is 4.74 Å². The van der Waals surface area contributed by atoms with Crippen molar-refractivity contribution in [1.82, 2.24) is 5.32 Å². The number of hydrogen-bond acceptors (Lipinski definition) is 6. The van der Waals surface area contributed by atoms with E-state index in [9.17, 15) is 9.59 Å². The highest BCUT2D eigenvalue weighted by molar-refractivity contribution is 7.16. The van der Waals surface area contributed by atoms with Gasteiger partial charge < -0.3 is 15.4 Å². The Balaban J connectivity index is 1.37. The summed E-state index contributed by atoms with van der Waals surface area (Å²) in [6.45, 7) is 6.90. The topological polar surface area (TPSA) is 67.4 Å². The first kappa shape index (κ1) is 21.2. The fourth-order valence-electron chi connectivity index (χ4n) is 4.51. The first-order valence-electron chi connectivity index (χ1n) is 10.9. The van der Waals surface area contributed by atoms with Gasteiger partial charge in [-0.05, 0) is 65.3 Å². The van der Waals surface area contributed by atoms with Crippen molar-refractivity contribution in [3.05, 3.63) is 68.2 Å². The second-order valence-corrected chi connectivity index (χ2v) is 11.6. The van der Waals surface area contributed by atoms with Crippen molar-refractivity contribution in [2.75, 3.05) is 5.32 Å². The van der Waals surface area contributed by atoms with Gasteiger partial charge in [0.2, 0.25) is 0 Å². The monoisotopic (exact) mass is 466 g/mol. The number of anilines is 1. The molecule has 1 amide bonds. The predicted octanol–water partition coefficient (Wildman–Crippen LogP) is 6.03. The number of carbonyl (C=O) groups excluding carboxylic acids is 2. The van der Waals surface area contributed by atoms with Gasteiger partial charge in [-0.25, -0.2) is 4.79 Å². The molecule has 2 aliphatic rings. The van der Waals surface area contributed by atoms with Crippen LogP contribution in [0.5, 0.6) is 5.75 Å². The fourth-order valence-corrected chi connectivity index (χ4v) is 6.47.